The minimum absolute atomic E-state index is 0.0444. The molecule has 5 rings (SSSR count). The lowest BCUT2D eigenvalue weighted by molar-refractivity contribution is -0.132. The molecule has 0 aromatic rings. The van der Waals surface area contributed by atoms with Crippen molar-refractivity contribution >= 4 is 23.0 Å². The van der Waals surface area contributed by atoms with Crippen molar-refractivity contribution in [1.82, 2.24) is 20.0 Å². The highest BCUT2D eigenvalue weighted by Crippen LogP contribution is 2.49. The molecule has 27 heavy (non-hydrogen) atoms. The van der Waals surface area contributed by atoms with E-state index in [0.29, 0.717) is 24.8 Å². The third kappa shape index (κ3) is 3.27. The van der Waals surface area contributed by atoms with E-state index in [9.17, 15) is 13.8 Å². The molecule has 0 radical (unpaired) electrons. The molecule has 8 nitrogen and oxygen atoms in total. The van der Waals surface area contributed by atoms with E-state index >= 15 is 0 Å². The smallest absolute Gasteiger partial charge is 0.321 e. The van der Waals surface area contributed by atoms with Gasteiger partial charge in [0.25, 0.3) is 0 Å². The summed E-state index contributed by atoms with van der Waals surface area (Å²) in [7, 11) is 0. The second kappa shape index (κ2) is 6.42. The van der Waals surface area contributed by atoms with Gasteiger partial charge in [-0.1, -0.05) is 0 Å². The van der Waals surface area contributed by atoms with Gasteiger partial charge >= 0.3 is 6.03 Å². The van der Waals surface area contributed by atoms with Crippen molar-refractivity contribution in [2.45, 2.75) is 56.7 Å². The highest BCUT2D eigenvalue weighted by atomic mass is 32.2. The van der Waals surface area contributed by atoms with Crippen LogP contribution in [0.1, 0.15) is 38.5 Å². The maximum atomic E-state index is 12.8. The molecule has 5 aliphatic rings. The second-order valence-electron chi connectivity index (χ2n) is 9.33. The summed E-state index contributed by atoms with van der Waals surface area (Å²) in [5.41, 5.74) is 0.427. The van der Waals surface area contributed by atoms with Gasteiger partial charge in [0.1, 0.15) is 11.9 Å². The molecule has 3 saturated heterocycles. The average Bonchev–Trinajstić information content (AvgIpc) is 3.35. The number of urea groups is 1. The van der Waals surface area contributed by atoms with Crippen LogP contribution in [0.2, 0.25) is 0 Å². The SMILES string of the molecule is O=C(NC1CC2(C1)CN(CC1CC1)C2)[C@@H]1CC[C@@H]2CN1C(=O)N2CS(=O)O. The molecule has 3 aliphatic heterocycles. The Bertz CT molecular complexity index is 670. The van der Waals surface area contributed by atoms with Crippen LogP contribution >= 0.6 is 0 Å². The fourth-order valence-electron chi connectivity index (χ4n) is 5.63. The third-order valence-corrected chi connectivity index (χ3v) is 7.58. The molecule has 1 spiro atoms. The number of hydrogen-bond acceptors (Lipinski definition) is 4. The van der Waals surface area contributed by atoms with Crippen molar-refractivity contribution in [1.29, 1.82) is 0 Å². The van der Waals surface area contributed by atoms with E-state index in [1.165, 1.54) is 37.4 Å². The topological polar surface area (TPSA) is 93.2 Å². The maximum Gasteiger partial charge on any atom is 0.321 e. The van der Waals surface area contributed by atoms with Gasteiger partial charge in [0.05, 0.1) is 6.04 Å². The first kappa shape index (κ1) is 17.9. The van der Waals surface area contributed by atoms with E-state index in [1.54, 1.807) is 4.90 Å². The number of fused-ring (bicyclic) bond motifs is 2. The van der Waals surface area contributed by atoms with Crippen molar-refractivity contribution in [3.8, 4) is 0 Å². The zero-order valence-corrected chi connectivity index (χ0v) is 16.3. The van der Waals surface area contributed by atoms with E-state index in [2.05, 4.69) is 10.2 Å². The Morgan fingerprint density at radius 2 is 1.96 bits per heavy atom. The third-order valence-electron chi connectivity index (χ3n) is 7.08. The normalized spacial score (nSPS) is 33.7. The molecule has 2 bridgehead atoms. The van der Waals surface area contributed by atoms with Crippen LogP contribution in [0.4, 0.5) is 4.79 Å². The Morgan fingerprint density at radius 3 is 2.63 bits per heavy atom. The minimum Gasteiger partial charge on any atom is -0.352 e. The van der Waals surface area contributed by atoms with Crippen molar-refractivity contribution in [3.05, 3.63) is 0 Å². The molecular weight excluding hydrogens is 368 g/mol. The lowest BCUT2D eigenvalue weighted by Gasteiger charge is -2.59. The van der Waals surface area contributed by atoms with Crippen molar-refractivity contribution < 1.29 is 18.4 Å². The van der Waals surface area contributed by atoms with Gasteiger partial charge in [0, 0.05) is 32.2 Å². The van der Waals surface area contributed by atoms with Gasteiger partial charge in [-0.25, -0.2) is 9.00 Å². The first-order valence-corrected chi connectivity index (χ1v) is 11.4. The first-order valence-electron chi connectivity index (χ1n) is 10.1. The quantitative estimate of drug-likeness (QED) is 0.635. The molecule has 2 saturated carbocycles. The molecule has 2 aliphatic carbocycles. The van der Waals surface area contributed by atoms with Crippen LogP contribution in [-0.4, -0.2) is 85.6 Å². The molecule has 3 heterocycles. The molecule has 9 heteroatoms. The number of carbonyl (C=O) groups is 2. The van der Waals surface area contributed by atoms with Crippen LogP contribution in [0, 0.1) is 11.3 Å². The Morgan fingerprint density at radius 1 is 1.22 bits per heavy atom. The summed E-state index contributed by atoms with van der Waals surface area (Å²) in [5, 5.41) is 3.16. The van der Waals surface area contributed by atoms with Crippen LogP contribution in [0.5, 0.6) is 0 Å². The summed E-state index contributed by atoms with van der Waals surface area (Å²) in [6.07, 6.45) is 6.24. The Labute approximate surface area is 161 Å². The molecule has 5 fully saturated rings. The molecule has 3 amide bonds. The number of rotatable bonds is 6. The van der Waals surface area contributed by atoms with E-state index in [4.69, 9.17) is 4.55 Å². The summed E-state index contributed by atoms with van der Waals surface area (Å²) in [6, 6.07) is -0.524. The first-order chi connectivity index (χ1) is 12.9. The largest absolute Gasteiger partial charge is 0.352 e. The van der Waals surface area contributed by atoms with Crippen molar-refractivity contribution in [3.63, 3.8) is 0 Å². The molecular formula is C18H28N4O4S. The highest BCUT2D eigenvalue weighted by molar-refractivity contribution is 7.79. The fraction of sp³-hybridized carbons (Fsp3) is 0.889. The average molecular weight is 397 g/mol. The van der Waals surface area contributed by atoms with Gasteiger partial charge < -0.3 is 24.6 Å². The van der Waals surface area contributed by atoms with Gasteiger partial charge in [0.15, 0.2) is 11.1 Å². The zero-order chi connectivity index (χ0) is 18.8. The predicted octanol–water partition coefficient (Wildman–Crippen LogP) is 0.425. The van der Waals surface area contributed by atoms with Crippen LogP contribution in [0.15, 0.2) is 0 Å². The summed E-state index contributed by atoms with van der Waals surface area (Å²) in [6.45, 7) is 4.10. The van der Waals surface area contributed by atoms with Gasteiger partial charge in [-0.15, -0.1) is 0 Å². The zero-order valence-electron chi connectivity index (χ0n) is 15.5. The van der Waals surface area contributed by atoms with E-state index in [-0.39, 0.29) is 29.9 Å². The molecule has 1 unspecified atom stereocenters. The number of carbonyl (C=O) groups excluding carboxylic acids is 2. The molecule has 2 N–H and O–H groups in total. The number of nitrogens with one attached hydrogen (secondary N) is 1. The van der Waals surface area contributed by atoms with Crippen LogP contribution < -0.4 is 5.32 Å². The van der Waals surface area contributed by atoms with E-state index in [0.717, 1.165) is 18.8 Å². The molecule has 0 aromatic heterocycles. The van der Waals surface area contributed by atoms with Gasteiger partial charge in [-0.3, -0.25) is 4.79 Å². The number of piperidine rings is 1. The maximum absolute atomic E-state index is 12.8. The predicted molar refractivity (Wildman–Crippen MR) is 99.2 cm³/mol. The van der Waals surface area contributed by atoms with Crippen LogP contribution in [0.3, 0.4) is 0 Å². The van der Waals surface area contributed by atoms with Crippen LogP contribution in [-0.2, 0) is 15.9 Å². The Kier molecular flexibility index (Phi) is 4.25. The van der Waals surface area contributed by atoms with Crippen LogP contribution in [0.25, 0.3) is 0 Å². The van der Waals surface area contributed by atoms with Crippen molar-refractivity contribution in [2.24, 2.45) is 11.3 Å². The number of hydrogen-bond donors (Lipinski definition) is 2. The monoisotopic (exact) mass is 396 g/mol. The minimum atomic E-state index is -2.04. The number of amides is 3. The Hall–Kier alpha value is -1.19. The summed E-state index contributed by atoms with van der Waals surface area (Å²) < 4.78 is 20.2. The summed E-state index contributed by atoms with van der Waals surface area (Å²) in [5.74, 6) is 0.716. The highest BCUT2D eigenvalue weighted by Gasteiger charge is 2.54. The lowest BCUT2D eigenvalue weighted by atomic mass is 9.60. The number of nitrogens with zero attached hydrogens (tertiary/aromatic N) is 3. The number of likely N-dealkylation sites (tertiary alicyclic amines) is 1. The summed E-state index contributed by atoms with van der Waals surface area (Å²) in [4.78, 5) is 30.9. The van der Waals surface area contributed by atoms with E-state index in [1.807, 2.05) is 0 Å². The Balaban J connectivity index is 1.11. The summed E-state index contributed by atoms with van der Waals surface area (Å²) >= 11 is -2.04. The standard InChI is InChI=1S/C18H28N4O4S/c23-16(15-4-3-14-8-21(15)17(24)22(14)11-27(25)26)19-13-5-18(6-13)9-20(10-18)7-12-1-2-12/h12-15H,1-11H2,(H,19,23)(H,25,26)/t14-,15+/m1/s1. The van der Waals surface area contributed by atoms with Crippen molar-refractivity contribution in [2.75, 3.05) is 32.1 Å². The van der Waals surface area contributed by atoms with Gasteiger partial charge in [-0.2, -0.15) is 0 Å². The molecule has 0 aromatic carbocycles. The van der Waals surface area contributed by atoms with Gasteiger partial charge in [-0.05, 0) is 49.9 Å². The lowest BCUT2D eigenvalue weighted by Crippen LogP contribution is -2.67. The molecule has 3 atom stereocenters. The second-order valence-corrected chi connectivity index (χ2v) is 10.2. The van der Waals surface area contributed by atoms with E-state index < -0.39 is 17.1 Å². The van der Waals surface area contributed by atoms with Gasteiger partial charge in [0.2, 0.25) is 5.91 Å². The fourth-order valence-corrected chi connectivity index (χ4v) is 6.19. The molecule has 150 valence electrons.